The molecular weight excluding hydrogens is 480 g/mol. The molecule has 2 aliphatic rings. The van der Waals surface area contributed by atoms with Gasteiger partial charge >= 0.3 is 0 Å². The van der Waals surface area contributed by atoms with E-state index in [1.54, 1.807) is 34.4 Å². The number of rotatable bonds is 6. The average Bonchev–Trinajstić information content (AvgIpc) is 3.39. The minimum atomic E-state index is -0.615. The number of thiophene rings is 1. The summed E-state index contributed by atoms with van der Waals surface area (Å²) in [4.78, 5) is 30.7. The summed E-state index contributed by atoms with van der Waals surface area (Å²) in [6, 6.07) is 18.0. The van der Waals surface area contributed by atoms with Gasteiger partial charge in [-0.3, -0.25) is 9.59 Å². The lowest BCUT2D eigenvalue weighted by molar-refractivity contribution is -0.125. The molecule has 1 aromatic heterocycles. The van der Waals surface area contributed by atoms with Gasteiger partial charge in [0.05, 0.1) is 24.1 Å². The molecule has 4 atom stereocenters. The van der Waals surface area contributed by atoms with E-state index in [0.29, 0.717) is 30.0 Å². The Morgan fingerprint density at radius 3 is 2.57 bits per heavy atom. The second kappa shape index (κ2) is 10.5. The van der Waals surface area contributed by atoms with Crippen molar-refractivity contribution in [3.8, 4) is 0 Å². The van der Waals surface area contributed by atoms with Crippen molar-refractivity contribution in [1.82, 2.24) is 10.2 Å². The van der Waals surface area contributed by atoms with E-state index >= 15 is 0 Å². The van der Waals surface area contributed by atoms with Gasteiger partial charge in [-0.25, -0.2) is 0 Å². The molecule has 5 rings (SSSR count). The molecule has 1 aliphatic heterocycles. The van der Waals surface area contributed by atoms with E-state index in [0.717, 1.165) is 30.4 Å². The Hall–Kier alpha value is -2.67. The van der Waals surface area contributed by atoms with Gasteiger partial charge in [0.2, 0.25) is 5.91 Å². The smallest absolute Gasteiger partial charge is 0.255 e. The van der Waals surface area contributed by atoms with E-state index in [9.17, 15) is 14.7 Å². The number of aliphatic hydroxyl groups is 1. The number of nitrogens with one attached hydrogen (secondary N) is 1. The number of aliphatic hydroxyl groups excluding tert-OH is 1. The number of carbonyl (C=O) groups excluding carboxylic acids is 2. The SMILES string of the molecule is O=C(NCCc1cccs1)[C@@H]1c2ccccc2C(=O)N([C@H]2CCCC[C@@H]2O)[C@H]1c1ccc(Cl)cc1. The first-order valence-electron chi connectivity index (χ1n) is 12.2. The number of hydrogen-bond acceptors (Lipinski definition) is 4. The topological polar surface area (TPSA) is 69.6 Å². The number of fused-ring (bicyclic) bond motifs is 1. The maximum absolute atomic E-state index is 13.9. The van der Waals surface area contributed by atoms with Gasteiger partial charge in [0.1, 0.15) is 0 Å². The molecule has 3 aromatic rings. The predicted molar refractivity (Wildman–Crippen MR) is 139 cm³/mol. The van der Waals surface area contributed by atoms with Crippen LogP contribution in [0.4, 0.5) is 0 Å². The Morgan fingerprint density at radius 1 is 1.06 bits per heavy atom. The molecule has 1 fully saturated rings. The van der Waals surface area contributed by atoms with Crippen molar-refractivity contribution in [2.45, 2.75) is 56.2 Å². The van der Waals surface area contributed by atoms with Crippen LogP contribution in [0.5, 0.6) is 0 Å². The lowest BCUT2D eigenvalue weighted by atomic mass is 9.76. The zero-order valence-corrected chi connectivity index (χ0v) is 21.0. The van der Waals surface area contributed by atoms with E-state index in [4.69, 9.17) is 11.6 Å². The summed E-state index contributed by atoms with van der Waals surface area (Å²) in [5.41, 5.74) is 2.11. The van der Waals surface area contributed by atoms with Crippen LogP contribution in [0, 0.1) is 0 Å². The molecule has 35 heavy (non-hydrogen) atoms. The van der Waals surface area contributed by atoms with Gasteiger partial charge in [-0.15, -0.1) is 11.3 Å². The molecule has 0 spiro atoms. The van der Waals surface area contributed by atoms with E-state index in [1.807, 2.05) is 41.8 Å². The molecule has 0 unspecified atom stereocenters. The van der Waals surface area contributed by atoms with E-state index in [2.05, 4.69) is 11.4 Å². The molecule has 1 aliphatic carbocycles. The van der Waals surface area contributed by atoms with Crippen LogP contribution in [-0.4, -0.2) is 40.5 Å². The first kappa shape index (κ1) is 24.0. The summed E-state index contributed by atoms with van der Waals surface area (Å²) < 4.78 is 0. The molecule has 0 saturated heterocycles. The normalized spacial score (nSPS) is 24.2. The fourth-order valence-corrected chi connectivity index (χ4v) is 6.34. The van der Waals surface area contributed by atoms with Gasteiger partial charge in [0.15, 0.2) is 0 Å². The number of carbonyl (C=O) groups is 2. The molecule has 182 valence electrons. The summed E-state index contributed by atoms with van der Waals surface area (Å²) in [6.07, 6.45) is 3.39. The fourth-order valence-electron chi connectivity index (χ4n) is 5.50. The number of hydrogen-bond donors (Lipinski definition) is 2. The van der Waals surface area contributed by atoms with Crippen molar-refractivity contribution < 1.29 is 14.7 Å². The lowest BCUT2D eigenvalue weighted by Gasteiger charge is -2.48. The van der Waals surface area contributed by atoms with Crippen LogP contribution >= 0.6 is 22.9 Å². The molecular formula is C28H29ClN2O3S. The van der Waals surface area contributed by atoms with Gasteiger partial charge in [0.25, 0.3) is 5.91 Å². The van der Waals surface area contributed by atoms with E-state index < -0.39 is 18.1 Å². The van der Waals surface area contributed by atoms with Crippen LogP contribution < -0.4 is 5.32 Å². The van der Waals surface area contributed by atoms with Gasteiger partial charge in [-0.2, -0.15) is 0 Å². The second-order valence-corrected chi connectivity index (χ2v) is 10.8. The standard InChI is InChI=1S/C28H29ClN2O3S/c29-19-13-11-18(12-14-19)26-25(27(33)30-16-15-20-6-5-17-35-20)21-7-1-2-8-22(21)28(34)31(26)23-9-3-4-10-24(23)32/h1-2,5-8,11-14,17,23-26,32H,3-4,9-10,15-16H2,(H,30,33)/t23-,24-,25+,26-/m0/s1. The van der Waals surface area contributed by atoms with Crippen molar-refractivity contribution in [2.24, 2.45) is 0 Å². The van der Waals surface area contributed by atoms with Gasteiger partial charge in [0, 0.05) is 22.0 Å². The van der Waals surface area contributed by atoms with Crippen LogP contribution in [0.15, 0.2) is 66.0 Å². The fraction of sp³-hybridized carbons (Fsp3) is 0.357. The van der Waals surface area contributed by atoms with Crippen molar-refractivity contribution in [2.75, 3.05) is 6.54 Å². The molecule has 5 nitrogen and oxygen atoms in total. The highest BCUT2D eigenvalue weighted by Gasteiger charge is 2.48. The highest BCUT2D eigenvalue weighted by molar-refractivity contribution is 7.09. The van der Waals surface area contributed by atoms with Crippen LogP contribution in [0.1, 0.15) is 64.0 Å². The van der Waals surface area contributed by atoms with Crippen LogP contribution in [0.3, 0.4) is 0 Å². The Kier molecular flexibility index (Phi) is 7.23. The lowest BCUT2D eigenvalue weighted by Crippen LogP contribution is -2.55. The molecule has 2 aromatic carbocycles. The van der Waals surface area contributed by atoms with Crippen molar-refractivity contribution in [1.29, 1.82) is 0 Å². The zero-order valence-electron chi connectivity index (χ0n) is 19.4. The van der Waals surface area contributed by atoms with E-state index in [-0.39, 0.29) is 17.9 Å². The number of amides is 2. The number of nitrogens with zero attached hydrogens (tertiary/aromatic N) is 1. The monoisotopic (exact) mass is 508 g/mol. The third-order valence-electron chi connectivity index (χ3n) is 7.17. The third-order valence-corrected chi connectivity index (χ3v) is 8.36. The van der Waals surface area contributed by atoms with Gasteiger partial charge in [-0.05, 0) is 60.0 Å². The maximum Gasteiger partial charge on any atom is 0.255 e. The third kappa shape index (κ3) is 4.88. The number of benzene rings is 2. The molecule has 0 radical (unpaired) electrons. The maximum atomic E-state index is 13.9. The number of halogens is 1. The minimum absolute atomic E-state index is 0.114. The summed E-state index contributed by atoms with van der Waals surface area (Å²) in [5.74, 6) is -0.839. The summed E-state index contributed by atoms with van der Waals surface area (Å²) in [6.45, 7) is 0.519. The molecule has 1 saturated carbocycles. The molecule has 2 amide bonds. The molecule has 2 heterocycles. The predicted octanol–water partition coefficient (Wildman–Crippen LogP) is 5.34. The summed E-state index contributed by atoms with van der Waals surface area (Å²) >= 11 is 7.86. The Balaban J connectivity index is 1.56. The second-order valence-electron chi connectivity index (χ2n) is 9.31. The van der Waals surface area contributed by atoms with Crippen molar-refractivity contribution >= 4 is 34.8 Å². The highest BCUT2D eigenvalue weighted by atomic mass is 35.5. The largest absolute Gasteiger partial charge is 0.391 e. The van der Waals surface area contributed by atoms with Gasteiger partial charge < -0.3 is 15.3 Å². The summed E-state index contributed by atoms with van der Waals surface area (Å²) in [7, 11) is 0. The van der Waals surface area contributed by atoms with Crippen molar-refractivity contribution in [3.05, 3.63) is 92.6 Å². The quantitative estimate of drug-likeness (QED) is 0.472. The average molecular weight is 509 g/mol. The van der Waals surface area contributed by atoms with E-state index in [1.165, 1.54) is 4.88 Å². The van der Waals surface area contributed by atoms with Crippen LogP contribution in [0.2, 0.25) is 5.02 Å². The van der Waals surface area contributed by atoms with Crippen LogP contribution in [0.25, 0.3) is 0 Å². The van der Waals surface area contributed by atoms with Crippen molar-refractivity contribution in [3.63, 3.8) is 0 Å². The minimum Gasteiger partial charge on any atom is -0.391 e. The first-order chi connectivity index (χ1) is 17.0. The highest BCUT2D eigenvalue weighted by Crippen LogP contribution is 2.46. The Morgan fingerprint density at radius 2 is 1.83 bits per heavy atom. The molecule has 7 heteroatoms. The summed E-state index contributed by atoms with van der Waals surface area (Å²) in [5, 5.41) is 16.7. The molecule has 2 N–H and O–H groups in total. The van der Waals surface area contributed by atoms with Gasteiger partial charge in [-0.1, -0.05) is 60.8 Å². The first-order valence-corrected chi connectivity index (χ1v) is 13.5. The zero-order chi connectivity index (χ0) is 24.4. The van der Waals surface area contributed by atoms with Crippen LogP contribution in [-0.2, 0) is 11.2 Å². The Labute approximate surface area is 214 Å². The Bertz CT molecular complexity index is 1180. The molecule has 0 bridgehead atoms.